The number of ether oxygens (including phenoxy) is 1. The number of nitro groups is 1. The summed E-state index contributed by atoms with van der Waals surface area (Å²) in [5.41, 5.74) is 0.413. The van der Waals surface area contributed by atoms with E-state index in [1.807, 2.05) is 0 Å². The van der Waals surface area contributed by atoms with Gasteiger partial charge in [-0.15, -0.1) is 0 Å². The van der Waals surface area contributed by atoms with Gasteiger partial charge >= 0.3 is 5.97 Å². The molecule has 1 aromatic heterocycles. The Morgan fingerprint density at radius 3 is 2.42 bits per heavy atom. The zero-order chi connectivity index (χ0) is 17.7. The van der Waals surface area contributed by atoms with Crippen LogP contribution in [0.1, 0.15) is 39.2 Å². The van der Waals surface area contributed by atoms with Crippen LogP contribution in [-0.4, -0.2) is 28.9 Å². The Hall–Kier alpha value is -3.29. The fourth-order valence-corrected chi connectivity index (χ4v) is 2.10. The zero-order valence-electron chi connectivity index (χ0n) is 13.1. The first-order valence-electron chi connectivity index (χ1n) is 7.01. The average molecular weight is 329 g/mol. The third kappa shape index (κ3) is 3.92. The molecule has 2 aromatic rings. The molecule has 1 aromatic carbocycles. The molecule has 1 heterocycles. The second-order valence-corrected chi connectivity index (χ2v) is 4.99. The van der Waals surface area contributed by atoms with Gasteiger partial charge in [0.15, 0.2) is 0 Å². The molecule has 8 heteroatoms. The van der Waals surface area contributed by atoms with E-state index in [1.54, 1.807) is 31.5 Å². The minimum absolute atomic E-state index is 0.00510. The molecule has 0 fully saturated rings. The minimum atomic E-state index is -0.755. The van der Waals surface area contributed by atoms with Crippen LogP contribution < -0.4 is 5.32 Å². The number of nitrogens with one attached hydrogen (secondary N) is 1. The number of aromatic nitrogens is 1. The summed E-state index contributed by atoms with van der Waals surface area (Å²) in [6.45, 7) is 1.77. The number of nitrogens with zero attached hydrogens (tertiary/aromatic N) is 2. The summed E-state index contributed by atoms with van der Waals surface area (Å²) in [5.74, 6) is -1.29. The number of amides is 1. The van der Waals surface area contributed by atoms with Gasteiger partial charge in [0.05, 0.1) is 23.6 Å². The molecule has 0 spiro atoms. The van der Waals surface area contributed by atoms with E-state index >= 15 is 0 Å². The number of carbonyl (C=O) groups is 2. The maximum atomic E-state index is 12.4. The molecular weight excluding hydrogens is 314 g/mol. The third-order valence-electron chi connectivity index (χ3n) is 3.37. The molecular formula is C16H15N3O5. The van der Waals surface area contributed by atoms with E-state index in [9.17, 15) is 19.7 Å². The van der Waals surface area contributed by atoms with E-state index < -0.39 is 16.8 Å². The molecule has 24 heavy (non-hydrogen) atoms. The van der Waals surface area contributed by atoms with E-state index in [0.717, 1.165) is 24.8 Å². The van der Waals surface area contributed by atoms with Gasteiger partial charge in [-0.05, 0) is 30.7 Å². The second-order valence-electron chi connectivity index (χ2n) is 4.99. The van der Waals surface area contributed by atoms with Crippen molar-refractivity contribution in [1.29, 1.82) is 0 Å². The van der Waals surface area contributed by atoms with Crippen LogP contribution >= 0.6 is 0 Å². The van der Waals surface area contributed by atoms with E-state index in [4.69, 9.17) is 0 Å². The number of methoxy groups -OCH3 is 1. The molecule has 0 aliphatic heterocycles. The molecule has 2 rings (SSSR count). The van der Waals surface area contributed by atoms with Gasteiger partial charge in [0, 0.05) is 30.1 Å². The van der Waals surface area contributed by atoms with Crippen molar-refractivity contribution in [2.45, 2.75) is 13.0 Å². The number of hydrogen-bond donors (Lipinski definition) is 1. The molecule has 1 amide bonds. The molecule has 0 bridgehead atoms. The normalized spacial score (nSPS) is 11.4. The van der Waals surface area contributed by atoms with Crippen molar-refractivity contribution < 1.29 is 19.2 Å². The van der Waals surface area contributed by atoms with Crippen molar-refractivity contribution in [3.8, 4) is 0 Å². The van der Waals surface area contributed by atoms with Gasteiger partial charge in [0.1, 0.15) is 0 Å². The predicted octanol–water partition coefficient (Wildman–Crippen LogP) is 2.27. The van der Waals surface area contributed by atoms with E-state index in [0.29, 0.717) is 0 Å². The van der Waals surface area contributed by atoms with Gasteiger partial charge in [-0.1, -0.05) is 0 Å². The average Bonchev–Trinajstić information content (AvgIpc) is 2.61. The van der Waals surface area contributed by atoms with Crippen molar-refractivity contribution in [1.82, 2.24) is 10.3 Å². The highest BCUT2D eigenvalue weighted by Gasteiger charge is 2.19. The Morgan fingerprint density at radius 1 is 1.21 bits per heavy atom. The number of non-ortho nitro benzene ring substituents is 1. The predicted molar refractivity (Wildman–Crippen MR) is 84.6 cm³/mol. The van der Waals surface area contributed by atoms with Gasteiger partial charge in [0.25, 0.3) is 11.6 Å². The number of nitro benzene ring substituents is 1. The molecule has 0 saturated carbocycles. The maximum Gasteiger partial charge on any atom is 0.338 e. The summed E-state index contributed by atoms with van der Waals surface area (Å²) in [7, 11) is 1.16. The lowest BCUT2D eigenvalue weighted by atomic mass is 10.1. The fourth-order valence-electron chi connectivity index (χ4n) is 2.10. The van der Waals surface area contributed by atoms with Crippen molar-refractivity contribution in [2.24, 2.45) is 0 Å². The van der Waals surface area contributed by atoms with Crippen LogP contribution in [0.2, 0.25) is 0 Å². The summed E-state index contributed by atoms with van der Waals surface area (Å²) in [4.78, 5) is 38.2. The molecule has 0 radical (unpaired) electrons. The molecule has 0 aliphatic rings. The lowest BCUT2D eigenvalue weighted by Gasteiger charge is -2.14. The van der Waals surface area contributed by atoms with Gasteiger partial charge in [0.2, 0.25) is 0 Å². The van der Waals surface area contributed by atoms with Crippen LogP contribution in [0.4, 0.5) is 5.69 Å². The minimum Gasteiger partial charge on any atom is -0.465 e. The number of rotatable bonds is 5. The number of benzene rings is 1. The molecule has 1 N–H and O–H groups in total. The molecule has 124 valence electrons. The Bertz CT molecular complexity index is 777. The SMILES string of the molecule is COC(=O)c1cc(C(=O)NC(C)c2ccncc2)cc([N+](=O)[O-])c1. The van der Waals surface area contributed by atoms with Crippen LogP contribution in [0, 0.1) is 10.1 Å². The molecule has 0 saturated heterocycles. The second kappa shape index (κ2) is 7.32. The monoisotopic (exact) mass is 329 g/mol. The first-order valence-corrected chi connectivity index (χ1v) is 7.01. The van der Waals surface area contributed by atoms with Crippen molar-refractivity contribution in [2.75, 3.05) is 7.11 Å². The highest BCUT2D eigenvalue weighted by atomic mass is 16.6. The standard InChI is InChI=1S/C16H15N3O5/c1-10(11-3-5-17-6-4-11)18-15(20)12-7-13(16(21)24-2)9-14(8-12)19(22)23/h3-10H,1-2H3,(H,18,20). The van der Waals surface area contributed by atoms with E-state index in [-0.39, 0.29) is 22.9 Å². The van der Waals surface area contributed by atoms with Crippen LogP contribution in [0.5, 0.6) is 0 Å². The maximum absolute atomic E-state index is 12.4. The molecule has 0 aliphatic carbocycles. The topological polar surface area (TPSA) is 111 Å². The lowest BCUT2D eigenvalue weighted by Crippen LogP contribution is -2.27. The largest absolute Gasteiger partial charge is 0.465 e. The van der Waals surface area contributed by atoms with E-state index in [2.05, 4.69) is 15.0 Å². The van der Waals surface area contributed by atoms with Gasteiger partial charge in [-0.25, -0.2) is 4.79 Å². The summed E-state index contributed by atoms with van der Waals surface area (Å²) in [6, 6.07) is 6.60. The van der Waals surface area contributed by atoms with Crippen molar-refractivity contribution in [3.05, 3.63) is 69.5 Å². The van der Waals surface area contributed by atoms with Crippen molar-refractivity contribution >= 4 is 17.6 Å². The molecule has 1 unspecified atom stereocenters. The first kappa shape index (κ1) is 17.1. The summed E-state index contributed by atoms with van der Waals surface area (Å²) in [5, 5.41) is 13.7. The van der Waals surface area contributed by atoms with Gasteiger partial charge < -0.3 is 10.1 Å². The fraction of sp³-hybridized carbons (Fsp3) is 0.188. The van der Waals surface area contributed by atoms with Crippen LogP contribution in [0.3, 0.4) is 0 Å². The lowest BCUT2D eigenvalue weighted by molar-refractivity contribution is -0.384. The Kier molecular flexibility index (Phi) is 5.20. The smallest absolute Gasteiger partial charge is 0.338 e. The Balaban J connectivity index is 2.29. The third-order valence-corrected chi connectivity index (χ3v) is 3.37. The summed E-state index contributed by atoms with van der Waals surface area (Å²) in [6.07, 6.45) is 3.20. The summed E-state index contributed by atoms with van der Waals surface area (Å²) < 4.78 is 4.56. The highest BCUT2D eigenvalue weighted by molar-refractivity contribution is 5.99. The van der Waals surface area contributed by atoms with Crippen LogP contribution in [-0.2, 0) is 4.74 Å². The van der Waals surface area contributed by atoms with E-state index in [1.165, 1.54) is 6.07 Å². The van der Waals surface area contributed by atoms with Gasteiger partial charge in [-0.3, -0.25) is 19.9 Å². The summed E-state index contributed by atoms with van der Waals surface area (Å²) >= 11 is 0. The van der Waals surface area contributed by atoms with Gasteiger partial charge in [-0.2, -0.15) is 0 Å². The quantitative estimate of drug-likeness (QED) is 0.511. The first-order chi connectivity index (χ1) is 11.4. The van der Waals surface area contributed by atoms with Crippen molar-refractivity contribution in [3.63, 3.8) is 0 Å². The Labute approximate surface area is 137 Å². The highest BCUT2D eigenvalue weighted by Crippen LogP contribution is 2.19. The number of carbonyl (C=O) groups excluding carboxylic acids is 2. The number of hydrogen-bond acceptors (Lipinski definition) is 6. The van der Waals surface area contributed by atoms with Crippen LogP contribution in [0.25, 0.3) is 0 Å². The zero-order valence-corrected chi connectivity index (χ0v) is 13.1. The number of esters is 1. The van der Waals surface area contributed by atoms with Crippen LogP contribution in [0.15, 0.2) is 42.7 Å². The molecule has 1 atom stereocenters. The number of pyridine rings is 1. The molecule has 8 nitrogen and oxygen atoms in total. The Morgan fingerprint density at radius 2 is 1.83 bits per heavy atom.